The summed E-state index contributed by atoms with van der Waals surface area (Å²) < 4.78 is 0. The summed E-state index contributed by atoms with van der Waals surface area (Å²) in [5, 5.41) is 10.0. The van der Waals surface area contributed by atoms with Gasteiger partial charge in [0.1, 0.15) is 5.78 Å². The molecular formula is C22H27ClO4. The number of hydrogen-bond acceptors (Lipinski definition) is 3. The summed E-state index contributed by atoms with van der Waals surface area (Å²) in [5.41, 5.74) is 0.161. The van der Waals surface area contributed by atoms with E-state index < -0.39 is 17.3 Å². The van der Waals surface area contributed by atoms with E-state index >= 15 is 0 Å². The minimum absolute atomic E-state index is 0.0357. The smallest absolute Gasteiger partial charge is 0.306 e. The number of carbonyl (C=O) groups excluding carboxylic acids is 2. The number of carboxylic acid groups (broad SMARTS) is 1. The van der Waals surface area contributed by atoms with Crippen LogP contribution in [0.25, 0.3) is 0 Å². The summed E-state index contributed by atoms with van der Waals surface area (Å²) in [6, 6.07) is 0. The Morgan fingerprint density at radius 2 is 1.93 bits per heavy atom. The van der Waals surface area contributed by atoms with E-state index in [2.05, 4.69) is 6.92 Å². The molecule has 0 radical (unpaired) electrons. The van der Waals surface area contributed by atoms with Crippen LogP contribution < -0.4 is 0 Å². The van der Waals surface area contributed by atoms with E-state index in [-0.39, 0.29) is 34.7 Å². The quantitative estimate of drug-likeness (QED) is 0.759. The van der Waals surface area contributed by atoms with Crippen molar-refractivity contribution in [1.82, 2.24) is 0 Å². The van der Waals surface area contributed by atoms with Gasteiger partial charge in [-0.25, -0.2) is 0 Å². The molecule has 7 atom stereocenters. The lowest BCUT2D eigenvalue weighted by molar-refractivity contribution is -0.151. The summed E-state index contributed by atoms with van der Waals surface area (Å²) in [5.74, 6) is -0.719. The molecule has 3 fully saturated rings. The molecule has 4 rings (SSSR count). The summed E-state index contributed by atoms with van der Waals surface area (Å²) >= 11 is 6.58. The first-order valence-electron chi connectivity index (χ1n) is 9.99. The molecule has 0 aliphatic heterocycles. The molecule has 0 aromatic heterocycles. The monoisotopic (exact) mass is 390 g/mol. The van der Waals surface area contributed by atoms with Gasteiger partial charge in [0.05, 0.1) is 5.92 Å². The zero-order chi connectivity index (χ0) is 19.7. The number of carbonyl (C=O) groups is 3. The first-order chi connectivity index (χ1) is 12.6. The van der Waals surface area contributed by atoms with Gasteiger partial charge in [-0.2, -0.15) is 0 Å². The van der Waals surface area contributed by atoms with Gasteiger partial charge in [0.25, 0.3) is 0 Å². The molecule has 0 spiro atoms. The lowest BCUT2D eigenvalue weighted by Gasteiger charge is -2.56. The number of fused-ring (bicyclic) bond motifs is 5. The number of allylic oxidation sites excluding steroid dienone is 4. The Kier molecular flexibility index (Phi) is 4.23. The third-order valence-electron chi connectivity index (χ3n) is 8.44. The largest absolute Gasteiger partial charge is 0.481 e. The summed E-state index contributed by atoms with van der Waals surface area (Å²) in [7, 11) is 0. The average Bonchev–Trinajstić information content (AvgIpc) is 2.91. The van der Waals surface area contributed by atoms with E-state index in [1.807, 2.05) is 6.92 Å². The van der Waals surface area contributed by atoms with Crippen molar-refractivity contribution >= 4 is 29.1 Å². The molecule has 0 amide bonds. The van der Waals surface area contributed by atoms with Gasteiger partial charge in [-0.05, 0) is 54.9 Å². The van der Waals surface area contributed by atoms with E-state index in [0.29, 0.717) is 17.4 Å². The van der Waals surface area contributed by atoms with Crippen LogP contribution in [0.1, 0.15) is 52.9 Å². The number of rotatable bonds is 2. The highest BCUT2D eigenvalue weighted by molar-refractivity contribution is 6.33. The second-order valence-electron chi connectivity index (χ2n) is 9.51. The van der Waals surface area contributed by atoms with Gasteiger partial charge in [0.2, 0.25) is 0 Å². The highest BCUT2D eigenvalue weighted by atomic mass is 35.5. The van der Waals surface area contributed by atoms with Gasteiger partial charge in [-0.15, -0.1) is 0 Å². The van der Waals surface area contributed by atoms with Crippen molar-refractivity contribution in [1.29, 1.82) is 0 Å². The van der Waals surface area contributed by atoms with Crippen LogP contribution in [0.15, 0.2) is 22.8 Å². The van der Waals surface area contributed by atoms with Gasteiger partial charge >= 0.3 is 5.97 Å². The maximum atomic E-state index is 13.5. The Hall–Kier alpha value is -1.42. The minimum Gasteiger partial charge on any atom is -0.481 e. The number of halogens is 1. The maximum Gasteiger partial charge on any atom is 0.306 e. The average molecular weight is 391 g/mol. The molecule has 0 saturated heterocycles. The van der Waals surface area contributed by atoms with Crippen LogP contribution in [0.5, 0.6) is 0 Å². The molecule has 146 valence electrons. The second kappa shape index (κ2) is 6.04. The van der Waals surface area contributed by atoms with Crippen LogP contribution >= 0.6 is 11.6 Å². The van der Waals surface area contributed by atoms with Crippen LogP contribution in [-0.2, 0) is 14.4 Å². The van der Waals surface area contributed by atoms with Gasteiger partial charge in [0.15, 0.2) is 5.78 Å². The Morgan fingerprint density at radius 1 is 1.22 bits per heavy atom. The first-order valence-corrected chi connectivity index (χ1v) is 10.4. The van der Waals surface area contributed by atoms with Crippen LogP contribution in [0.2, 0.25) is 0 Å². The second-order valence-corrected chi connectivity index (χ2v) is 9.92. The molecule has 1 N–H and O–H groups in total. The highest BCUT2D eigenvalue weighted by Crippen LogP contribution is 2.67. The zero-order valence-electron chi connectivity index (χ0n) is 16.1. The van der Waals surface area contributed by atoms with Crippen molar-refractivity contribution in [2.75, 3.05) is 0 Å². The zero-order valence-corrected chi connectivity index (χ0v) is 16.9. The Labute approximate surface area is 165 Å². The standard InChI is InChI=1S/C22H27ClO4/c1-11(20(26)27)15-6-7-16-14-5-4-12-8-13(24)9-18(23)22(12,3)19(14)17(25)10-21(15,16)2/h8-9,11,14-16,19H,4-7,10H2,1-3H3,(H,26,27)/t11?,14-,15+,16-,19+,21+,22+/m0/s1. The third kappa shape index (κ3) is 2.45. The van der Waals surface area contributed by atoms with Gasteiger partial charge in [-0.3, -0.25) is 14.4 Å². The van der Waals surface area contributed by atoms with E-state index in [9.17, 15) is 19.5 Å². The Bertz CT molecular complexity index is 796. The van der Waals surface area contributed by atoms with E-state index in [1.165, 1.54) is 6.08 Å². The van der Waals surface area contributed by atoms with Crippen molar-refractivity contribution in [3.63, 3.8) is 0 Å². The third-order valence-corrected chi connectivity index (χ3v) is 8.94. The van der Waals surface area contributed by atoms with Crippen LogP contribution in [0, 0.1) is 40.4 Å². The highest BCUT2D eigenvalue weighted by Gasteiger charge is 2.63. The summed E-state index contributed by atoms with van der Waals surface area (Å²) in [6.45, 7) is 5.94. The predicted octanol–water partition coefficient (Wildman–Crippen LogP) is 4.38. The van der Waals surface area contributed by atoms with Gasteiger partial charge < -0.3 is 5.11 Å². The molecule has 4 aliphatic rings. The molecule has 27 heavy (non-hydrogen) atoms. The minimum atomic E-state index is -0.769. The maximum absolute atomic E-state index is 13.5. The van der Waals surface area contributed by atoms with E-state index in [0.717, 1.165) is 31.3 Å². The fourth-order valence-electron chi connectivity index (χ4n) is 7.12. The van der Waals surface area contributed by atoms with E-state index in [4.69, 9.17) is 11.6 Å². The number of aliphatic carboxylic acids is 1. The Morgan fingerprint density at radius 3 is 2.59 bits per heavy atom. The molecular weight excluding hydrogens is 364 g/mol. The van der Waals surface area contributed by atoms with E-state index in [1.54, 1.807) is 13.0 Å². The van der Waals surface area contributed by atoms with Crippen LogP contribution in [-0.4, -0.2) is 22.6 Å². The molecule has 0 aromatic rings. The van der Waals surface area contributed by atoms with Crippen molar-refractivity contribution in [3.8, 4) is 0 Å². The molecule has 4 nitrogen and oxygen atoms in total. The molecule has 3 saturated carbocycles. The Balaban J connectivity index is 1.74. The summed E-state index contributed by atoms with van der Waals surface area (Å²) in [6.07, 6.45) is 7.07. The van der Waals surface area contributed by atoms with Crippen molar-refractivity contribution < 1.29 is 19.5 Å². The topological polar surface area (TPSA) is 71.4 Å². The number of hydrogen-bond donors (Lipinski definition) is 1. The summed E-state index contributed by atoms with van der Waals surface area (Å²) in [4.78, 5) is 37.0. The number of carboxylic acids is 1. The van der Waals surface area contributed by atoms with Crippen molar-refractivity contribution in [2.45, 2.75) is 52.9 Å². The van der Waals surface area contributed by atoms with Gasteiger partial charge in [-0.1, -0.05) is 37.9 Å². The molecule has 4 aliphatic carbocycles. The lowest BCUT2D eigenvalue weighted by Crippen LogP contribution is -2.55. The van der Waals surface area contributed by atoms with Crippen LogP contribution in [0.4, 0.5) is 0 Å². The van der Waals surface area contributed by atoms with Crippen molar-refractivity contribution in [3.05, 3.63) is 22.8 Å². The normalized spacial score (nSPS) is 44.6. The number of ketones is 2. The fourth-order valence-corrected chi connectivity index (χ4v) is 7.47. The lowest BCUT2D eigenvalue weighted by atomic mass is 9.47. The molecule has 1 unspecified atom stereocenters. The molecule has 0 bridgehead atoms. The molecule has 5 heteroatoms. The van der Waals surface area contributed by atoms with Gasteiger partial charge in [0, 0.05) is 28.9 Å². The molecule has 0 aromatic carbocycles. The SMILES string of the molecule is CC(C(=O)O)[C@H]1CC[C@H]2[C@@H]3CCC4=CC(=O)C=C(Cl)[C@]4(C)[C@H]3C(=O)C[C@]12C. The van der Waals surface area contributed by atoms with Crippen LogP contribution in [0.3, 0.4) is 0 Å². The molecule has 0 heterocycles. The predicted molar refractivity (Wildman–Crippen MR) is 102 cm³/mol. The first kappa shape index (κ1) is 18.9. The fraction of sp³-hybridized carbons (Fsp3) is 0.682. The number of Topliss-reactive ketones (excluding diaryl/α,β-unsaturated/α-hetero) is 1. The van der Waals surface area contributed by atoms with Crippen molar-refractivity contribution in [2.24, 2.45) is 40.4 Å².